The molecular weight excluding hydrogens is 352 g/mol. The third kappa shape index (κ3) is 3.39. The van der Waals surface area contributed by atoms with Crippen LogP contribution in [0.25, 0.3) is 0 Å². The molecule has 160 valence electrons. The molecule has 0 heterocycles. The molecule has 4 nitrogen and oxygen atoms in total. The molecule has 0 spiro atoms. The monoisotopic (exact) mass is 392 g/mol. The Kier molecular flexibility index (Phi) is 6.18. The number of carbonyl (C=O) groups excluding carboxylic acids is 2. The predicted octanol–water partition coefficient (Wildman–Crippen LogP) is 5.39. The van der Waals surface area contributed by atoms with Gasteiger partial charge in [0.1, 0.15) is 5.60 Å². The minimum Gasteiger partial charge on any atom is -0.456 e. The molecule has 0 aromatic carbocycles. The van der Waals surface area contributed by atoms with Crippen molar-refractivity contribution in [1.29, 1.82) is 0 Å². The number of rotatable bonds is 6. The first-order valence-electron chi connectivity index (χ1n) is 11.7. The van der Waals surface area contributed by atoms with Crippen molar-refractivity contribution >= 4 is 11.9 Å². The molecule has 4 saturated carbocycles. The summed E-state index contributed by atoms with van der Waals surface area (Å²) in [5.74, 6) is 4.10. The van der Waals surface area contributed by atoms with Crippen LogP contribution in [-0.4, -0.2) is 24.1 Å². The first-order chi connectivity index (χ1) is 13.3. The lowest BCUT2D eigenvalue weighted by molar-refractivity contribution is -0.182. The van der Waals surface area contributed by atoms with Gasteiger partial charge >= 0.3 is 11.9 Å². The predicted molar refractivity (Wildman–Crippen MR) is 110 cm³/mol. The van der Waals surface area contributed by atoms with Crippen LogP contribution in [0.15, 0.2) is 0 Å². The van der Waals surface area contributed by atoms with Crippen LogP contribution in [0.5, 0.6) is 0 Å². The van der Waals surface area contributed by atoms with Crippen molar-refractivity contribution in [1.82, 2.24) is 0 Å². The Bertz CT molecular complexity index is 597. The van der Waals surface area contributed by atoms with Crippen LogP contribution in [-0.2, 0) is 19.1 Å². The number of esters is 2. The molecule has 4 bridgehead atoms. The van der Waals surface area contributed by atoms with Crippen molar-refractivity contribution in [3.8, 4) is 0 Å². The molecule has 4 aliphatic rings. The lowest BCUT2D eigenvalue weighted by Gasteiger charge is -2.45. The Morgan fingerprint density at radius 2 is 1.64 bits per heavy atom. The van der Waals surface area contributed by atoms with Crippen molar-refractivity contribution in [2.24, 2.45) is 40.9 Å². The van der Waals surface area contributed by atoms with E-state index in [0.717, 1.165) is 42.4 Å². The fraction of sp³-hybridized carbons (Fsp3) is 0.917. The number of ether oxygens (including phenoxy) is 2. The van der Waals surface area contributed by atoms with Crippen molar-refractivity contribution in [2.45, 2.75) is 92.1 Å². The summed E-state index contributed by atoms with van der Waals surface area (Å²) < 4.78 is 11.3. The Balaban J connectivity index is 0.00000109. The molecule has 7 unspecified atom stereocenters. The van der Waals surface area contributed by atoms with E-state index >= 15 is 0 Å². The van der Waals surface area contributed by atoms with Crippen LogP contribution in [0.1, 0.15) is 86.5 Å². The maximum atomic E-state index is 12.5. The minimum absolute atomic E-state index is 0.248. The number of hydrogen-bond acceptors (Lipinski definition) is 4. The molecule has 0 amide bonds. The van der Waals surface area contributed by atoms with E-state index < -0.39 is 5.41 Å². The second-order valence-corrected chi connectivity index (χ2v) is 10.0. The maximum absolute atomic E-state index is 12.5. The van der Waals surface area contributed by atoms with Gasteiger partial charge in [-0.25, -0.2) is 4.79 Å². The summed E-state index contributed by atoms with van der Waals surface area (Å²) in [6.45, 7) is 11.6. The van der Waals surface area contributed by atoms with Gasteiger partial charge in [0.2, 0.25) is 0 Å². The smallest absolute Gasteiger partial charge is 0.344 e. The first kappa shape index (κ1) is 21.6. The molecule has 0 N–H and O–H groups in total. The maximum Gasteiger partial charge on any atom is 0.344 e. The van der Waals surface area contributed by atoms with E-state index in [1.54, 1.807) is 0 Å². The molecule has 4 rings (SSSR count). The standard InChI is InChI=1S/C22H34O4.C2H6/c1-5-21(3,4)20(24)25-12-17(23)26-22(6-2)11-15-10-16(22)19-14-8-7-13(9-14)18(15)19;1-2/h13-16,18-19H,5-12H2,1-4H3;1-2H3. The van der Waals surface area contributed by atoms with E-state index in [1.807, 2.05) is 34.6 Å². The summed E-state index contributed by atoms with van der Waals surface area (Å²) in [6.07, 6.45) is 8.07. The third-order valence-corrected chi connectivity index (χ3v) is 8.57. The zero-order valence-corrected chi connectivity index (χ0v) is 18.8. The van der Waals surface area contributed by atoms with E-state index in [4.69, 9.17) is 9.47 Å². The van der Waals surface area contributed by atoms with Crippen LogP contribution in [0.2, 0.25) is 0 Å². The molecule has 0 radical (unpaired) electrons. The SMILES string of the molecule is CC.CCC(C)(C)C(=O)OCC(=O)OC1(CC)CC2CC1C1C3CCC(C3)C21. The summed E-state index contributed by atoms with van der Waals surface area (Å²) >= 11 is 0. The molecule has 4 fully saturated rings. The average molecular weight is 393 g/mol. The fourth-order valence-corrected chi connectivity index (χ4v) is 7.01. The van der Waals surface area contributed by atoms with Crippen molar-refractivity contribution in [3.63, 3.8) is 0 Å². The minimum atomic E-state index is -0.550. The van der Waals surface area contributed by atoms with Gasteiger partial charge in [0.25, 0.3) is 0 Å². The number of carbonyl (C=O) groups is 2. The fourth-order valence-electron chi connectivity index (χ4n) is 7.01. The molecule has 4 aliphatic carbocycles. The molecule has 0 aromatic heterocycles. The van der Waals surface area contributed by atoms with E-state index in [1.165, 1.54) is 25.7 Å². The average Bonchev–Trinajstić information content (AvgIpc) is 3.46. The van der Waals surface area contributed by atoms with Gasteiger partial charge in [0.15, 0.2) is 6.61 Å². The Morgan fingerprint density at radius 1 is 1.00 bits per heavy atom. The van der Waals surface area contributed by atoms with E-state index in [-0.39, 0.29) is 24.1 Å². The second kappa shape index (κ2) is 7.99. The van der Waals surface area contributed by atoms with Gasteiger partial charge in [0, 0.05) is 5.92 Å². The lowest BCUT2D eigenvalue weighted by atomic mass is 9.65. The van der Waals surface area contributed by atoms with Crippen LogP contribution in [0, 0.1) is 40.9 Å². The van der Waals surface area contributed by atoms with E-state index in [0.29, 0.717) is 12.3 Å². The highest BCUT2D eigenvalue weighted by Gasteiger charge is 2.67. The van der Waals surface area contributed by atoms with Crippen LogP contribution in [0.4, 0.5) is 0 Å². The van der Waals surface area contributed by atoms with Crippen molar-refractivity contribution in [3.05, 3.63) is 0 Å². The van der Waals surface area contributed by atoms with Crippen LogP contribution < -0.4 is 0 Å². The van der Waals surface area contributed by atoms with Gasteiger partial charge in [-0.05, 0) is 88.4 Å². The highest BCUT2D eigenvalue weighted by Crippen LogP contribution is 2.70. The Morgan fingerprint density at radius 3 is 2.25 bits per heavy atom. The molecule has 0 aromatic rings. The molecule has 0 aliphatic heterocycles. The van der Waals surface area contributed by atoms with Gasteiger partial charge in [-0.2, -0.15) is 0 Å². The molecular formula is C24H40O4. The largest absolute Gasteiger partial charge is 0.456 e. The summed E-state index contributed by atoms with van der Waals surface area (Å²) in [6, 6.07) is 0. The highest BCUT2D eigenvalue weighted by atomic mass is 16.6. The third-order valence-electron chi connectivity index (χ3n) is 8.57. The highest BCUT2D eigenvalue weighted by molar-refractivity contribution is 5.80. The van der Waals surface area contributed by atoms with E-state index in [9.17, 15) is 9.59 Å². The molecule has 4 heteroatoms. The first-order valence-corrected chi connectivity index (χ1v) is 11.7. The number of fused-ring (bicyclic) bond motifs is 9. The van der Waals surface area contributed by atoms with Gasteiger partial charge in [-0.15, -0.1) is 0 Å². The summed E-state index contributed by atoms with van der Waals surface area (Å²) in [5.41, 5.74) is -0.856. The Hall–Kier alpha value is -1.06. The topological polar surface area (TPSA) is 52.6 Å². The normalized spacial score (nSPS) is 39.9. The van der Waals surface area contributed by atoms with Gasteiger partial charge < -0.3 is 9.47 Å². The quantitative estimate of drug-likeness (QED) is 0.449. The molecule has 28 heavy (non-hydrogen) atoms. The van der Waals surface area contributed by atoms with E-state index in [2.05, 4.69) is 6.92 Å². The summed E-state index contributed by atoms with van der Waals surface area (Å²) in [7, 11) is 0. The van der Waals surface area contributed by atoms with Crippen molar-refractivity contribution < 1.29 is 19.1 Å². The second-order valence-electron chi connectivity index (χ2n) is 10.0. The molecule has 0 saturated heterocycles. The summed E-state index contributed by atoms with van der Waals surface area (Å²) in [4.78, 5) is 24.6. The summed E-state index contributed by atoms with van der Waals surface area (Å²) in [5, 5.41) is 0. The van der Waals surface area contributed by atoms with Gasteiger partial charge in [0.05, 0.1) is 5.41 Å². The zero-order valence-electron chi connectivity index (χ0n) is 18.8. The van der Waals surface area contributed by atoms with Gasteiger partial charge in [-0.3, -0.25) is 4.79 Å². The lowest BCUT2D eigenvalue weighted by Crippen LogP contribution is -2.48. The number of hydrogen-bond donors (Lipinski definition) is 0. The van der Waals surface area contributed by atoms with Crippen molar-refractivity contribution in [2.75, 3.05) is 6.61 Å². The van der Waals surface area contributed by atoms with Crippen LogP contribution in [0.3, 0.4) is 0 Å². The zero-order chi connectivity index (χ0) is 20.7. The molecule has 7 atom stereocenters. The Labute approximate surface area is 171 Å². The van der Waals surface area contributed by atoms with Gasteiger partial charge in [-0.1, -0.05) is 27.7 Å². The van der Waals surface area contributed by atoms with Crippen LogP contribution >= 0.6 is 0 Å².